The Bertz CT molecular complexity index is 362. The standard InChI is InChI=1S/C14H19NO2/c1-2-6-12(14(15)17)13(16)10-9-11-7-4-3-5-8-11/h2-5,7-8,12-13,16H,1,6,9-10H2,(H2,15,17)/t12-,13-/m1/s1. The van der Waals surface area contributed by atoms with Crippen LogP contribution in [0.25, 0.3) is 0 Å². The van der Waals surface area contributed by atoms with Crippen LogP contribution in [0.1, 0.15) is 18.4 Å². The highest BCUT2D eigenvalue weighted by Gasteiger charge is 2.22. The average Bonchev–Trinajstić information content (AvgIpc) is 2.34. The van der Waals surface area contributed by atoms with Crippen LogP contribution in [-0.4, -0.2) is 17.1 Å². The Morgan fingerprint density at radius 2 is 2.06 bits per heavy atom. The number of rotatable bonds is 7. The number of aryl methyl sites for hydroxylation is 1. The number of carbonyl (C=O) groups is 1. The number of allylic oxidation sites excluding steroid dienone is 1. The van der Waals surface area contributed by atoms with E-state index in [2.05, 4.69) is 6.58 Å². The molecule has 0 aromatic heterocycles. The molecule has 0 aliphatic carbocycles. The average molecular weight is 233 g/mol. The number of aliphatic hydroxyl groups excluding tert-OH is 1. The molecule has 0 heterocycles. The minimum atomic E-state index is -0.703. The normalized spacial score (nSPS) is 13.9. The first kappa shape index (κ1) is 13.5. The van der Waals surface area contributed by atoms with E-state index in [1.807, 2.05) is 30.3 Å². The minimum Gasteiger partial charge on any atom is -0.392 e. The monoisotopic (exact) mass is 233 g/mol. The van der Waals surface area contributed by atoms with Crippen LogP contribution in [0.2, 0.25) is 0 Å². The molecule has 1 aromatic rings. The predicted octanol–water partition coefficient (Wildman–Crippen LogP) is 1.66. The topological polar surface area (TPSA) is 63.3 Å². The molecule has 0 saturated heterocycles. The molecule has 3 heteroatoms. The van der Waals surface area contributed by atoms with E-state index < -0.39 is 17.9 Å². The predicted molar refractivity (Wildman–Crippen MR) is 68.3 cm³/mol. The third kappa shape index (κ3) is 4.41. The van der Waals surface area contributed by atoms with E-state index in [0.29, 0.717) is 12.8 Å². The van der Waals surface area contributed by atoms with E-state index >= 15 is 0 Å². The number of nitrogens with two attached hydrogens (primary N) is 1. The van der Waals surface area contributed by atoms with Crippen LogP contribution < -0.4 is 5.73 Å². The van der Waals surface area contributed by atoms with Gasteiger partial charge in [0.15, 0.2) is 0 Å². The van der Waals surface area contributed by atoms with Crippen LogP contribution >= 0.6 is 0 Å². The molecule has 17 heavy (non-hydrogen) atoms. The SMILES string of the molecule is C=CC[C@@H](C(N)=O)[C@H](O)CCc1ccccc1. The fraction of sp³-hybridized carbons (Fsp3) is 0.357. The van der Waals surface area contributed by atoms with Crippen LogP contribution in [0, 0.1) is 5.92 Å². The van der Waals surface area contributed by atoms with E-state index in [1.54, 1.807) is 6.08 Å². The highest BCUT2D eigenvalue weighted by atomic mass is 16.3. The third-order valence-electron chi connectivity index (χ3n) is 2.82. The first-order chi connectivity index (χ1) is 8.15. The van der Waals surface area contributed by atoms with Gasteiger partial charge in [-0.25, -0.2) is 0 Å². The fourth-order valence-electron chi connectivity index (χ4n) is 1.80. The summed E-state index contributed by atoms with van der Waals surface area (Å²) in [4.78, 5) is 11.2. The number of carbonyl (C=O) groups excluding carboxylic acids is 1. The second kappa shape index (κ2) is 6.86. The Morgan fingerprint density at radius 1 is 1.41 bits per heavy atom. The number of amides is 1. The molecule has 1 amide bonds. The van der Waals surface area contributed by atoms with Crippen LogP contribution in [-0.2, 0) is 11.2 Å². The molecule has 0 aliphatic rings. The summed E-state index contributed by atoms with van der Waals surface area (Å²) in [5, 5.41) is 9.92. The third-order valence-corrected chi connectivity index (χ3v) is 2.82. The molecular formula is C14H19NO2. The number of hydrogen-bond donors (Lipinski definition) is 2. The minimum absolute atomic E-state index is 0.422. The van der Waals surface area contributed by atoms with Crippen LogP contribution in [0.4, 0.5) is 0 Å². The zero-order valence-corrected chi connectivity index (χ0v) is 9.88. The molecule has 0 unspecified atom stereocenters. The smallest absolute Gasteiger partial charge is 0.223 e. The molecule has 1 aromatic carbocycles. The lowest BCUT2D eigenvalue weighted by Gasteiger charge is -2.18. The molecular weight excluding hydrogens is 214 g/mol. The van der Waals surface area contributed by atoms with Crippen LogP contribution in [0.15, 0.2) is 43.0 Å². The lowest BCUT2D eigenvalue weighted by atomic mass is 9.93. The van der Waals surface area contributed by atoms with Crippen molar-refractivity contribution in [1.29, 1.82) is 0 Å². The summed E-state index contributed by atoms with van der Waals surface area (Å²) in [6.45, 7) is 3.56. The Morgan fingerprint density at radius 3 is 2.59 bits per heavy atom. The molecule has 0 radical (unpaired) electrons. The fourth-order valence-corrected chi connectivity index (χ4v) is 1.80. The van der Waals surface area contributed by atoms with Gasteiger partial charge in [-0.2, -0.15) is 0 Å². The molecule has 0 bridgehead atoms. The van der Waals surface area contributed by atoms with E-state index in [4.69, 9.17) is 5.73 Å². The van der Waals surface area contributed by atoms with Crippen molar-refractivity contribution < 1.29 is 9.90 Å². The van der Waals surface area contributed by atoms with E-state index in [0.717, 1.165) is 12.0 Å². The molecule has 3 nitrogen and oxygen atoms in total. The summed E-state index contributed by atoms with van der Waals surface area (Å²) in [5.41, 5.74) is 6.39. The van der Waals surface area contributed by atoms with Gasteiger partial charge in [-0.15, -0.1) is 6.58 Å². The van der Waals surface area contributed by atoms with Crippen LogP contribution in [0.3, 0.4) is 0 Å². The van der Waals surface area contributed by atoms with Gasteiger partial charge in [-0.3, -0.25) is 4.79 Å². The first-order valence-electron chi connectivity index (χ1n) is 5.77. The lowest BCUT2D eigenvalue weighted by molar-refractivity contribution is -0.125. The Hall–Kier alpha value is -1.61. The van der Waals surface area contributed by atoms with Gasteiger partial charge >= 0.3 is 0 Å². The second-order valence-electron chi connectivity index (χ2n) is 4.12. The molecule has 0 aliphatic heterocycles. The van der Waals surface area contributed by atoms with E-state index in [-0.39, 0.29) is 0 Å². The van der Waals surface area contributed by atoms with Gasteiger partial charge in [-0.1, -0.05) is 36.4 Å². The van der Waals surface area contributed by atoms with Crippen LogP contribution in [0.5, 0.6) is 0 Å². The van der Waals surface area contributed by atoms with E-state index in [1.165, 1.54) is 0 Å². The van der Waals surface area contributed by atoms with Crippen molar-refractivity contribution >= 4 is 5.91 Å². The van der Waals surface area contributed by atoms with Gasteiger partial charge in [0.25, 0.3) is 0 Å². The van der Waals surface area contributed by atoms with E-state index in [9.17, 15) is 9.90 Å². The van der Waals surface area contributed by atoms with Gasteiger partial charge in [0.1, 0.15) is 0 Å². The maximum Gasteiger partial charge on any atom is 0.223 e. The van der Waals surface area contributed by atoms with Crippen molar-refractivity contribution in [2.24, 2.45) is 11.7 Å². The summed E-state index contributed by atoms with van der Waals surface area (Å²) in [5.74, 6) is -0.998. The summed E-state index contributed by atoms with van der Waals surface area (Å²) in [7, 11) is 0. The van der Waals surface area contributed by atoms with Crippen molar-refractivity contribution in [2.45, 2.75) is 25.4 Å². The second-order valence-corrected chi connectivity index (χ2v) is 4.12. The summed E-state index contributed by atoms with van der Waals surface area (Å²) in [6.07, 6.45) is 2.60. The van der Waals surface area contributed by atoms with Gasteiger partial charge in [0.2, 0.25) is 5.91 Å². The first-order valence-corrected chi connectivity index (χ1v) is 5.77. The van der Waals surface area contributed by atoms with Gasteiger partial charge < -0.3 is 10.8 Å². The van der Waals surface area contributed by atoms with Gasteiger partial charge in [0, 0.05) is 0 Å². The number of aliphatic hydroxyl groups is 1. The number of primary amides is 1. The van der Waals surface area contributed by atoms with Crippen molar-refractivity contribution in [2.75, 3.05) is 0 Å². The maximum atomic E-state index is 11.2. The molecule has 3 N–H and O–H groups in total. The van der Waals surface area contributed by atoms with Gasteiger partial charge in [0.05, 0.1) is 12.0 Å². The number of hydrogen-bond acceptors (Lipinski definition) is 2. The Kier molecular flexibility index (Phi) is 5.43. The van der Waals surface area contributed by atoms with Crippen molar-refractivity contribution in [3.63, 3.8) is 0 Å². The summed E-state index contributed by atoms with van der Waals surface area (Å²) >= 11 is 0. The van der Waals surface area contributed by atoms with Crippen molar-refractivity contribution in [3.8, 4) is 0 Å². The molecule has 0 spiro atoms. The quantitative estimate of drug-likeness (QED) is 0.703. The highest BCUT2D eigenvalue weighted by Crippen LogP contribution is 2.15. The molecule has 92 valence electrons. The Labute approximate surface area is 102 Å². The molecule has 1 rings (SSSR count). The summed E-state index contributed by atoms with van der Waals surface area (Å²) in [6, 6.07) is 9.86. The number of benzene rings is 1. The highest BCUT2D eigenvalue weighted by molar-refractivity contribution is 5.77. The Balaban J connectivity index is 2.50. The zero-order valence-electron chi connectivity index (χ0n) is 9.88. The van der Waals surface area contributed by atoms with Crippen molar-refractivity contribution in [3.05, 3.63) is 48.6 Å². The molecule has 0 fully saturated rings. The molecule has 0 saturated carbocycles. The van der Waals surface area contributed by atoms with Gasteiger partial charge in [-0.05, 0) is 24.8 Å². The van der Waals surface area contributed by atoms with Crippen molar-refractivity contribution in [1.82, 2.24) is 0 Å². The summed E-state index contributed by atoms with van der Waals surface area (Å²) < 4.78 is 0. The molecule has 2 atom stereocenters. The maximum absolute atomic E-state index is 11.2. The zero-order chi connectivity index (χ0) is 12.7. The lowest BCUT2D eigenvalue weighted by Crippen LogP contribution is -2.33. The largest absolute Gasteiger partial charge is 0.392 e.